The molecule has 4 heterocycles. The maximum absolute atomic E-state index is 13.1. The molecule has 1 amide bonds. The predicted molar refractivity (Wildman–Crippen MR) is 108 cm³/mol. The van der Waals surface area contributed by atoms with Crippen LogP contribution >= 0.6 is 0 Å². The van der Waals surface area contributed by atoms with E-state index in [1.807, 2.05) is 22.6 Å². The van der Waals surface area contributed by atoms with Crippen LogP contribution in [0, 0.1) is 12.8 Å². The Kier molecular flexibility index (Phi) is 4.75. The monoisotopic (exact) mass is 422 g/mol. The molecule has 5 rings (SSSR count). The Morgan fingerprint density at radius 2 is 1.86 bits per heavy atom. The Bertz CT molecular complexity index is 894. The van der Waals surface area contributed by atoms with Crippen LogP contribution < -0.4 is 4.90 Å². The lowest BCUT2D eigenvalue weighted by atomic mass is 9.83. The number of aryl methyl sites for hydroxylation is 1. The highest BCUT2D eigenvalue weighted by molar-refractivity contribution is 7.89. The number of nitrogens with zero attached hydrogens (tertiary/aromatic N) is 4. The number of aromatic nitrogens is 2. The number of carbonyl (C=O) groups excluding carboxylic acids is 1. The fourth-order valence-corrected chi connectivity index (χ4v) is 6.99. The lowest BCUT2D eigenvalue weighted by Gasteiger charge is -2.46. The molecule has 1 aromatic heterocycles. The van der Waals surface area contributed by atoms with Crippen molar-refractivity contribution in [1.82, 2.24) is 14.1 Å². The van der Waals surface area contributed by atoms with E-state index in [0.717, 1.165) is 18.1 Å². The molecular weight excluding hydrogens is 392 g/mol. The van der Waals surface area contributed by atoms with Crippen LogP contribution in [0.15, 0.2) is 6.07 Å². The molecule has 0 N–H and O–H groups in total. The lowest BCUT2D eigenvalue weighted by Crippen LogP contribution is -2.56. The van der Waals surface area contributed by atoms with E-state index >= 15 is 0 Å². The molecule has 4 aliphatic rings. The minimum atomic E-state index is -3.32. The SMILES string of the molecule is Cc1cc2n(n1)C1(CCN(S(=O)(=O)C3CCOCC3)CC1)CC(=O)N2CC1CC1. The number of rotatable bonds is 4. The molecule has 1 spiro atoms. The minimum absolute atomic E-state index is 0.157. The molecule has 1 saturated carbocycles. The summed E-state index contributed by atoms with van der Waals surface area (Å²) in [5, 5.41) is 4.42. The molecule has 0 radical (unpaired) electrons. The molecule has 9 heteroatoms. The zero-order valence-corrected chi connectivity index (χ0v) is 17.9. The molecule has 1 aliphatic carbocycles. The smallest absolute Gasteiger partial charge is 0.230 e. The average molecular weight is 423 g/mol. The molecule has 160 valence electrons. The number of ether oxygens (including phenoxy) is 1. The Hall–Kier alpha value is -1.45. The van der Waals surface area contributed by atoms with E-state index in [-0.39, 0.29) is 11.2 Å². The van der Waals surface area contributed by atoms with Crippen LogP contribution in [-0.2, 0) is 25.1 Å². The summed E-state index contributed by atoms with van der Waals surface area (Å²) in [6, 6.07) is 2.01. The highest BCUT2D eigenvalue weighted by Gasteiger charge is 2.48. The van der Waals surface area contributed by atoms with Gasteiger partial charge < -0.3 is 4.74 Å². The molecule has 2 saturated heterocycles. The van der Waals surface area contributed by atoms with Gasteiger partial charge in [-0.15, -0.1) is 0 Å². The predicted octanol–water partition coefficient (Wildman–Crippen LogP) is 1.64. The molecule has 3 aliphatic heterocycles. The van der Waals surface area contributed by atoms with Crippen molar-refractivity contribution in [2.75, 3.05) is 37.7 Å². The molecule has 0 aromatic carbocycles. The zero-order chi connectivity index (χ0) is 20.2. The third-order valence-electron chi connectivity index (χ3n) is 7.06. The van der Waals surface area contributed by atoms with Gasteiger partial charge in [0, 0.05) is 38.9 Å². The zero-order valence-electron chi connectivity index (χ0n) is 17.0. The largest absolute Gasteiger partial charge is 0.381 e. The van der Waals surface area contributed by atoms with E-state index < -0.39 is 15.6 Å². The Morgan fingerprint density at radius 3 is 2.52 bits per heavy atom. The van der Waals surface area contributed by atoms with Crippen LogP contribution in [0.3, 0.4) is 0 Å². The van der Waals surface area contributed by atoms with E-state index in [0.29, 0.717) is 64.3 Å². The number of fused-ring (bicyclic) bond motifs is 2. The summed E-state index contributed by atoms with van der Waals surface area (Å²) in [5.41, 5.74) is 0.509. The van der Waals surface area contributed by atoms with Crippen LogP contribution in [-0.4, -0.2) is 66.5 Å². The molecule has 8 nitrogen and oxygen atoms in total. The summed E-state index contributed by atoms with van der Waals surface area (Å²) in [6.07, 6.45) is 5.21. The summed E-state index contributed by atoms with van der Waals surface area (Å²) < 4.78 is 35.2. The first-order chi connectivity index (χ1) is 13.9. The maximum atomic E-state index is 13.1. The van der Waals surface area contributed by atoms with Crippen molar-refractivity contribution in [2.45, 2.75) is 62.7 Å². The minimum Gasteiger partial charge on any atom is -0.381 e. The van der Waals surface area contributed by atoms with E-state index in [2.05, 4.69) is 0 Å². The van der Waals surface area contributed by atoms with Gasteiger partial charge in [-0.25, -0.2) is 17.4 Å². The van der Waals surface area contributed by atoms with Crippen molar-refractivity contribution in [2.24, 2.45) is 5.92 Å². The van der Waals surface area contributed by atoms with Crippen LogP contribution in [0.2, 0.25) is 0 Å². The number of amides is 1. The van der Waals surface area contributed by atoms with Crippen LogP contribution in [0.5, 0.6) is 0 Å². The van der Waals surface area contributed by atoms with E-state index in [1.54, 1.807) is 4.31 Å². The second-order valence-corrected chi connectivity index (χ2v) is 11.4. The van der Waals surface area contributed by atoms with Crippen molar-refractivity contribution in [3.63, 3.8) is 0 Å². The van der Waals surface area contributed by atoms with Crippen LogP contribution in [0.25, 0.3) is 0 Å². The van der Waals surface area contributed by atoms with Crippen molar-refractivity contribution >= 4 is 21.7 Å². The number of hydrogen-bond acceptors (Lipinski definition) is 5. The van der Waals surface area contributed by atoms with Gasteiger partial charge in [-0.3, -0.25) is 9.69 Å². The van der Waals surface area contributed by atoms with Crippen molar-refractivity contribution in [3.05, 3.63) is 11.8 Å². The van der Waals surface area contributed by atoms with Crippen molar-refractivity contribution in [3.8, 4) is 0 Å². The normalized spacial score (nSPS) is 26.1. The molecular formula is C20H30N4O4S. The summed E-state index contributed by atoms with van der Waals surface area (Å²) in [7, 11) is -3.32. The first-order valence-corrected chi connectivity index (χ1v) is 12.3. The fourth-order valence-electron chi connectivity index (χ4n) is 5.09. The van der Waals surface area contributed by atoms with Gasteiger partial charge in [0.25, 0.3) is 0 Å². The van der Waals surface area contributed by atoms with Gasteiger partial charge in [0.15, 0.2) is 0 Å². The van der Waals surface area contributed by atoms with Crippen molar-refractivity contribution in [1.29, 1.82) is 0 Å². The van der Waals surface area contributed by atoms with Gasteiger partial charge in [-0.05, 0) is 51.4 Å². The summed E-state index contributed by atoms with van der Waals surface area (Å²) in [6.45, 7) is 4.68. The molecule has 0 unspecified atom stereocenters. The van der Waals surface area contributed by atoms with E-state index in [1.165, 1.54) is 12.8 Å². The molecule has 29 heavy (non-hydrogen) atoms. The van der Waals surface area contributed by atoms with Gasteiger partial charge in [0.2, 0.25) is 15.9 Å². The highest BCUT2D eigenvalue weighted by atomic mass is 32.2. The Labute approximate surface area is 172 Å². The summed E-state index contributed by atoms with van der Waals surface area (Å²) >= 11 is 0. The van der Waals surface area contributed by atoms with Gasteiger partial charge in [-0.1, -0.05) is 0 Å². The van der Waals surface area contributed by atoms with E-state index in [9.17, 15) is 13.2 Å². The first-order valence-electron chi connectivity index (χ1n) is 10.8. The molecule has 1 aromatic rings. The van der Waals surface area contributed by atoms with Crippen LogP contribution in [0.1, 0.15) is 50.6 Å². The van der Waals surface area contributed by atoms with E-state index in [4.69, 9.17) is 9.84 Å². The highest BCUT2D eigenvalue weighted by Crippen LogP contribution is 2.43. The van der Waals surface area contributed by atoms with Gasteiger partial charge in [-0.2, -0.15) is 5.10 Å². The number of carbonyl (C=O) groups is 1. The summed E-state index contributed by atoms with van der Waals surface area (Å²) in [4.78, 5) is 15.0. The molecule has 0 atom stereocenters. The summed E-state index contributed by atoms with van der Waals surface area (Å²) in [5.74, 6) is 1.67. The van der Waals surface area contributed by atoms with Gasteiger partial charge >= 0.3 is 0 Å². The van der Waals surface area contributed by atoms with Crippen LogP contribution in [0.4, 0.5) is 5.82 Å². The second kappa shape index (κ2) is 7.06. The number of anilines is 1. The first kappa shape index (κ1) is 19.5. The van der Waals surface area contributed by atoms with Gasteiger partial charge in [0.1, 0.15) is 5.82 Å². The average Bonchev–Trinajstić information content (AvgIpc) is 3.45. The standard InChI is InChI=1S/C20H30N4O4S/c1-15-12-18-23(14-16-2-3-16)19(25)13-20(24(18)21-15)6-8-22(9-7-20)29(26,27)17-4-10-28-11-5-17/h12,16-17H,2-11,13-14H2,1H3. The Morgan fingerprint density at radius 1 is 1.17 bits per heavy atom. The lowest BCUT2D eigenvalue weighted by molar-refractivity contribution is -0.122. The number of hydrogen-bond donors (Lipinski definition) is 0. The quantitative estimate of drug-likeness (QED) is 0.736. The van der Waals surface area contributed by atoms with Gasteiger partial charge in [0.05, 0.1) is 22.9 Å². The number of piperidine rings is 1. The molecule has 0 bridgehead atoms. The number of sulfonamides is 1. The maximum Gasteiger partial charge on any atom is 0.230 e. The molecule has 3 fully saturated rings. The Balaban J connectivity index is 1.37. The third-order valence-corrected chi connectivity index (χ3v) is 9.46. The second-order valence-electron chi connectivity index (χ2n) is 9.16. The fraction of sp³-hybridized carbons (Fsp3) is 0.800. The topological polar surface area (TPSA) is 84.7 Å². The third kappa shape index (κ3) is 3.41. The van der Waals surface area contributed by atoms with Crippen molar-refractivity contribution < 1.29 is 17.9 Å².